The summed E-state index contributed by atoms with van der Waals surface area (Å²) in [6, 6.07) is 13.2. The molecule has 0 unspecified atom stereocenters. The number of nitrogens with one attached hydrogen (secondary N) is 2. The van der Waals surface area contributed by atoms with E-state index in [0.29, 0.717) is 5.69 Å². The maximum absolute atomic E-state index is 12.7. The molecular formula is C18H14F3N3OS. The van der Waals surface area contributed by atoms with Crippen molar-refractivity contribution in [2.75, 3.05) is 16.9 Å². The zero-order valence-corrected chi connectivity index (χ0v) is 14.4. The number of carbonyl (C=O) groups is 1. The SMILES string of the molecule is CSc1cccc(N/C=C(/C#N)C(=O)Nc2cccc(C(F)(F)F)c2)c1. The number of benzene rings is 2. The largest absolute Gasteiger partial charge is 0.416 e. The molecular weight excluding hydrogens is 363 g/mol. The molecule has 0 atom stereocenters. The van der Waals surface area contributed by atoms with E-state index in [2.05, 4.69) is 10.6 Å². The molecule has 1 amide bonds. The molecule has 26 heavy (non-hydrogen) atoms. The van der Waals surface area contributed by atoms with Crippen molar-refractivity contribution in [2.24, 2.45) is 0 Å². The van der Waals surface area contributed by atoms with Gasteiger partial charge in [-0.25, -0.2) is 0 Å². The van der Waals surface area contributed by atoms with Crippen molar-refractivity contribution in [3.05, 3.63) is 65.9 Å². The van der Waals surface area contributed by atoms with E-state index >= 15 is 0 Å². The first-order valence-corrected chi connectivity index (χ1v) is 8.55. The van der Waals surface area contributed by atoms with Crippen molar-refractivity contribution in [2.45, 2.75) is 11.1 Å². The molecule has 0 aliphatic heterocycles. The highest BCUT2D eigenvalue weighted by atomic mass is 32.2. The van der Waals surface area contributed by atoms with Crippen LogP contribution in [0.2, 0.25) is 0 Å². The van der Waals surface area contributed by atoms with Crippen LogP contribution in [0.5, 0.6) is 0 Å². The van der Waals surface area contributed by atoms with E-state index in [4.69, 9.17) is 5.26 Å². The lowest BCUT2D eigenvalue weighted by molar-refractivity contribution is -0.137. The van der Waals surface area contributed by atoms with Gasteiger partial charge >= 0.3 is 6.18 Å². The lowest BCUT2D eigenvalue weighted by Crippen LogP contribution is -2.15. The van der Waals surface area contributed by atoms with Crippen LogP contribution in [0.25, 0.3) is 0 Å². The lowest BCUT2D eigenvalue weighted by atomic mass is 10.2. The van der Waals surface area contributed by atoms with E-state index in [1.807, 2.05) is 24.5 Å². The van der Waals surface area contributed by atoms with Crippen molar-refractivity contribution < 1.29 is 18.0 Å². The van der Waals surface area contributed by atoms with Crippen molar-refractivity contribution in [1.29, 1.82) is 5.26 Å². The standard InChI is InChI=1S/C18H14F3N3OS/c1-26-16-7-3-5-14(9-16)23-11-12(10-22)17(25)24-15-6-2-4-13(8-15)18(19,20)21/h2-9,11,23H,1H3,(H,24,25)/b12-11-. The highest BCUT2D eigenvalue weighted by Gasteiger charge is 2.30. The van der Waals surface area contributed by atoms with Crippen LogP contribution in [0.4, 0.5) is 24.5 Å². The smallest absolute Gasteiger partial charge is 0.360 e. The Morgan fingerprint density at radius 2 is 1.85 bits per heavy atom. The molecule has 134 valence electrons. The molecule has 4 nitrogen and oxygen atoms in total. The second-order valence-corrected chi connectivity index (χ2v) is 5.96. The Kier molecular flexibility index (Phi) is 6.31. The third kappa shape index (κ3) is 5.29. The fraction of sp³-hybridized carbons (Fsp3) is 0.111. The summed E-state index contributed by atoms with van der Waals surface area (Å²) in [5, 5.41) is 14.3. The second kappa shape index (κ2) is 8.45. The Balaban J connectivity index is 2.12. The van der Waals surface area contributed by atoms with Crippen molar-refractivity contribution in [3.8, 4) is 6.07 Å². The number of rotatable bonds is 5. The van der Waals surface area contributed by atoms with Gasteiger partial charge in [-0.1, -0.05) is 12.1 Å². The highest BCUT2D eigenvalue weighted by molar-refractivity contribution is 7.98. The molecule has 0 aromatic heterocycles. The monoisotopic (exact) mass is 377 g/mol. The molecule has 2 N–H and O–H groups in total. The van der Waals surface area contributed by atoms with Crippen molar-refractivity contribution in [3.63, 3.8) is 0 Å². The van der Waals surface area contributed by atoms with Gasteiger partial charge in [0.05, 0.1) is 5.56 Å². The van der Waals surface area contributed by atoms with Gasteiger partial charge in [-0.3, -0.25) is 4.79 Å². The summed E-state index contributed by atoms with van der Waals surface area (Å²) in [5.74, 6) is -0.805. The summed E-state index contributed by atoms with van der Waals surface area (Å²) < 4.78 is 38.1. The Hall–Kier alpha value is -2.92. The Morgan fingerprint density at radius 3 is 2.50 bits per heavy atom. The Bertz CT molecular complexity index is 872. The summed E-state index contributed by atoms with van der Waals surface area (Å²) in [6.45, 7) is 0. The Morgan fingerprint density at radius 1 is 1.15 bits per heavy atom. The molecule has 0 spiro atoms. The number of hydrogen-bond donors (Lipinski definition) is 2. The molecule has 0 heterocycles. The van der Waals surface area contributed by atoms with Crippen LogP contribution in [0.1, 0.15) is 5.56 Å². The van der Waals surface area contributed by atoms with E-state index in [9.17, 15) is 18.0 Å². The summed E-state index contributed by atoms with van der Waals surface area (Å²) >= 11 is 1.54. The van der Waals surface area contributed by atoms with Gasteiger partial charge in [0.1, 0.15) is 11.6 Å². The number of hydrogen-bond acceptors (Lipinski definition) is 4. The van der Waals surface area contributed by atoms with Gasteiger partial charge in [-0.05, 0) is 42.7 Å². The number of carbonyl (C=O) groups excluding carboxylic acids is 1. The summed E-state index contributed by atoms with van der Waals surface area (Å²) in [6.07, 6.45) is -1.39. The first-order chi connectivity index (χ1) is 12.3. The number of nitriles is 1. The number of thioether (sulfide) groups is 1. The van der Waals surface area contributed by atoms with Crippen molar-refractivity contribution >= 4 is 29.0 Å². The first kappa shape index (κ1) is 19.4. The van der Waals surface area contributed by atoms with Crippen LogP contribution in [-0.2, 0) is 11.0 Å². The molecule has 0 aliphatic rings. The minimum atomic E-state index is -4.52. The summed E-state index contributed by atoms with van der Waals surface area (Å²) in [5.41, 5.74) is -0.520. The number of alkyl halides is 3. The van der Waals surface area contributed by atoms with Gasteiger partial charge in [-0.2, -0.15) is 18.4 Å². The number of halogens is 3. The zero-order chi connectivity index (χ0) is 19.2. The predicted molar refractivity (Wildman–Crippen MR) is 95.6 cm³/mol. The Labute approximate surface area is 152 Å². The summed E-state index contributed by atoms with van der Waals surface area (Å²) in [4.78, 5) is 13.1. The van der Waals surface area contributed by atoms with Gasteiger partial charge in [-0.15, -0.1) is 11.8 Å². The van der Waals surface area contributed by atoms with Crippen LogP contribution in [-0.4, -0.2) is 12.2 Å². The first-order valence-electron chi connectivity index (χ1n) is 7.33. The fourth-order valence-corrected chi connectivity index (χ4v) is 2.45. The van der Waals surface area contributed by atoms with Crippen LogP contribution in [0.3, 0.4) is 0 Å². The van der Waals surface area contributed by atoms with E-state index in [1.165, 1.54) is 30.1 Å². The molecule has 0 saturated carbocycles. The van der Waals surface area contributed by atoms with E-state index in [-0.39, 0.29) is 11.3 Å². The quantitative estimate of drug-likeness (QED) is 0.443. The second-order valence-electron chi connectivity index (χ2n) is 5.08. The van der Waals surface area contributed by atoms with E-state index in [1.54, 1.807) is 12.1 Å². The molecule has 0 bridgehead atoms. The normalized spacial score (nSPS) is 11.6. The van der Waals surface area contributed by atoms with Crippen LogP contribution in [0, 0.1) is 11.3 Å². The van der Waals surface area contributed by atoms with Gasteiger partial charge < -0.3 is 10.6 Å². The van der Waals surface area contributed by atoms with Gasteiger partial charge in [0.2, 0.25) is 0 Å². The molecule has 0 radical (unpaired) electrons. The minimum Gasteiger partial charge on any atom is -0.360 e. The zero-order valence-electron chi connectivity index (χ0n) is 13.6. The average molecular weight is 377 g/mol. The topological polar surface area (TPSA) is 64.9 Å². The van der Waals surface area contributed by atoms with Crippen LogP contribution >= 0.6 is 11.8 Å². The van der Waals surface area contributed by atoms with Crippen LogP contribution < -0.4 is 10.6 Å². The average Bonchev–Trinajstić information content (AvgIpc) is 2.62. The van der Waals surface area contributed by atoms with Gasteiger partial charge in [0.15, 0.2) is 0 Å². The van der Waals surface area contributed by atoms with Gasteiger partial charge in [0, 0.05) is 22.5 Å². The van der Waals surface area contributed by atoms with E-state index in [0.717, 1.165) is 17.0 Å². The fourth-order valence-electron chi connectivity index (χ4n) is 1.99. The third-order valence-corrected chi connectivity index (χ3v) is 3.99. The van der Waals surface area contributed by atoms with E-state index < -0.39 is 17.6 Å². The molecule has 8 heteroatoms. The maximum atomic E-state index is 12.7. The molecule has 2 aromatic rings. The predicted octanol–water partition coefficient (Wildman–Crippen LogP) is 4.89. The molecule has 2 aromatic carbocycles. The third-order valence-electron chi connectivity index (χ3n) is 3.27. The molecule has 0 aliphatic carbocycles. The van der Waals surface area contributed by atoms with Crippen molar-refractivity contribution in [1.82, 2.24) is 0 Å². The minimum absolute atomic E-state index is 0.0460. The summed E-state index contributed by atoms with van der Waals surface area (Å²) in [7, 11) is 0. The van der Waals surface area contributed by atoms with Gasteiger partial charge in [0.25, 0.3) is 5.91 Å². The lowest BCUT2D eigenvalue weighted by Gasteiger charge is -2.09. The highest BCUT2D eigenvalue weighted by Crippen LogP contribution is 2.30. The van der Waals surface area contributed by atoms with Crippen LogP contribution in [0.15, 0.2) is 65.2 Å². The number of amides is 1. The molecule has 0 saturated heterocycles. The molecule has 2 rings (SSSR count). The maximum Gasteiger partial charge on any atom is 0.416 e. The molecule has 0 fully saturated rings. The number of nitrogens with zero attached hydrogens (tertiary/aromatic N) is 1. The number of anilines is 2.